The molecule has 0 bridgehead atoms. The highest BCUT2D eigenvalue weighted by Crippen LogP contribution is 2.13. The molecule has 1 unspecified atom stereocenters. The largest absolute Gasteiger partial charge is 0.596 e. The summed E-state index contributed by atoms with van der Waals surface area (Å²) in [4.78, 5) is 10.4. The van der Waals surface area contributed by atoms with Gasteiger partial charge in [-0.2, -0.15) is 0 Å². The van der Waals surface area contributed by atoms with E-state index in [0.717, 1.165) is 12.8 Å². The second kappa shape index (κ2) is 17.9. The molecule has 1 atom stereocenters. The van der Waals surface area contributed by atoms with Gasteiger partial charge in [0.25, 0.3) is 0 Å². The monoisotopic (exact) mass is 314 g/mol. The molecule has 0 rings (SSSR count). The number of hydrogen-bond donors (Lipinski definition) is 0. The van der Waals surface area contributed by atoms with Crippen molar-refractivity contribution in [2.75, 3.05) is 6.16 Å². The Morgan fingerprint density at radius 1 is 0.714 bits per heavy atom. The number of unbranched alkanes of at least 4 members (excludes halogenated alkanes) is 12. The third kappa shape index (κ3) is 19.8. The molecule has 0 aromatic heterocycles. The third-order valence-electron chi connectivity index (χ3n) is 3.85. The second-order valence-corrected chi connectivity index (χ2v) is 7.11. The minimum Gasteiger partial charge on any atom is -0.596 e. The minimum absolute atomic E-state index is 0.372. The summed E-state index contributed by atoms with van der Waals surface area (Å²) >= 11 is 0. The molecule has 0 aromatic rings. The van der Waals surface area contributed by atoms with E-state index in [4.69, 9.17) is 0 Å². The van der Waals surface area contributed by atoms with Crippen molar-refractivity contribution in [2.24, 2.45) is 0 Å². The van der Waals surface area contributed by atoms with Gasteiger partial charge in [-0.15, -0.1) is 0 Å². The fraction of sp³-hybridized carbons (Fsp3) is 0.889. The summed E-state index contributed by atoms with van der Waals surface area (Å²) in [5, 5.41) is 0. The highest BCUT2D eigenvalue weighted by atomic mass is 31.1. The first-order chi connectivity index (χ1) is 10.3. The molecule has 21 heavy (non-hydrogen) atoms. The van der Waals surface area contributed by atoms with E-state index in [1.807, 2.05) is 0 Å². The average molecular weight is 314 g/mol. The van der Waals surface area contributed by atoms with Crippen LogP contribution in [-0.4, -0.2) is 6.16 Å². The maximum absolute atomic E-state index is 10.4. The van der Waals surface area contributed by atoms with E-state index in [1.54, 1.807) is 0 Å². The average Bonchev–Trinajstić information content (AvgIpc) is 2.46. The van der Waals surface area contributed by atoms with Gasteiger partial charge >= 0.3 is 8.03 Å². The molecular formula is C18H35O2P. The van der Waals surface area contributed by atoms with E-state index < -0.39 is 8.03 Å². The van der Waals surface area contributed by atoms with Crippen LogP contribution in [0.2, 0.25) is 0 Å². The molecule has 3 heteroatoms. The van der Waals surface area contributed by atoms with Crippen molar-refractivity contribution in [2.45, 2.75) is 96.8 Å². The Hall–Kier alpha value is -0.200. The van der Waals surface area contributed by atoms with Crippen molar-refractivity contribution in [3.63, 3.8) is 0 Å². The van der Waals surface area contributed by atoms with Crippen LogP contribution in [0.1, 0.15) is 96.8 Å². The Kier molecular flexibility index (Phi) is 17.7. The number of hydrogen-bond acceptors (Lipinski definition) is 2. The predicted octanol–water partition coefficient (Wildman–Crippen LogP) is 6.13. The van der Waals surface area contributed by atoms with Crippen LogP contribution in [0, 0.1) is 0 Å². The van der Waals surface area contributed by atoms with E-state index in [-0.39, 0.29) is 0 Å². The normalized spacial score (nSPS) is 12.2. The predicted molar refractivity (Wildman–Crippen MR) is 91.9 cm³/mol. The summed E-state index contributed by atoms with van der Waals surface area (Å²) in [6.45, 7) is 2.26. The van der Waals surface area contributed by atoms with Gasteiger partial charge in [0.15, 0.2) is 0 Å². The zero-order chi connectivity index (χ0) is 15.6. The smallest absolute Gasteiger partial charge is 0.308 e. The molecule has 0 saturated carbocycles. The summed E-state index contributed by atoms with van der Waals surface area (Å²) in [5.74, 6) is 0. The topological polar surface area (TPSA) is 40.1 Å². The molecule has 0 aliphatic heterocycles. The van der Waals surface area contributed by atoms with E-state index >= 15 is 0 Å². The highest BCUT2D eigenvalue weighted by Gasteiger charge is 1.98. The standard InChI is InChI=1S/C18H35O2P/c1-2-3-4-5-6-7-8-9-10-11-12-13-14-15-16-17-18-21(19)20/h9-10H,2-8,11-18H2,1H3/b10-9-. The molecule has 0 aliphatic carbocycles. The molecule has 0 amide bonds. The van der Waals surface area contributed by atoms with Gasteiger partial charge in [-0.05, 0) is 38.5 Å². The molecule has 0 aliphatic rings. The van der Waals surface area contributed by atoms with Gasteiger partial charge in [0.05, 0.1) is 0 Å². The molecule has 0 N–H and O–H groups in total. The van der Waals surface area contributed by atoms with Crippen molar-refractivity contribution in [3.8, 4) is 0 Å². The molecule has 0 radical (unpaired) electrons. The first kappa shape index (κ1) is 20.8. The van der Waals surface area contributed by atoms with Crippen LogP contribution in [0.25, 0.3) is 0 Å². The van der Waals surface area contributed by atoms with Crippen molar-refractivity contribution in [3.05, 3.63) is 12.2 Å². The summed E-state index contributed by atoms with van der Waals surface area (Å²) in [6, 6.07) is 0. The Labute approximate surface area is 133 Å². The lowest BCUT2D eigenvalue weighted by atomic mass is 10.1. The number of rotatable bonds is 16. The third-order valence-corrected chi connectivity index (χ3v) is 4.53. The van der Waals surface area contributed by atoms with Crippen molar-refractivity contribution in [1.29, 1.82) is 0 Å². The van der Waals surface area contributed by atoms with Crippen LogP contribution in [-0.2, 0) is 4.57 Å². The summed E-state index contributed by atoms with van der Waals surface area (Å²) in [7, 11) is -2.15. The minimum atomic E-state index is -2.15. The van der Waals surface area contributed by atoms with Crippen LogP contribution in [0.15, 0.2) is 12.2 Å². The van der Waals surface area contributed by atoms with Gasteiger partial charge in [-0.3, -0.25) is 0 Å². The maximum Gasteiger partial charge on any atom is 0.308 e. The molecule has 124 valence electrons. The molecule has 0 heterocycles. The van der Waals surface area contributed by atoms with Gasteiger partial charge in [0.1, 0.15) is 6.16 Å². The van der Waals surface area contributed by atoms with Gasteiger partial charge in [-0.25, -0.2) is 0 Å². The van der Waals surface area contributed by atoms with Gasteiger partial charge < -0.3 is 4.89 Å². The Balaban J connectivity index is 3.07. The fourth-order valence-electron chi connectivity index (χ4n) is 2.49. The van der Waals surface area contributed by atoms with Crippen LogP contribution >= 0.6 is 8.03 Å². The second-order valence-electron chi connectivity index (χ2n) is 5.99. The highest BCUT2D eigenvalue weighted by molar-refractivity contribution is 7.36. The van der Waals surface area contributed by atoms with Crippen LogP contribution in [0.5, 0.6) is 0 Å². The Bertz CT molecular complexity index is 252. The molecule has 2 nitrogen and oxygen atoms in total. The maximum atomic E-state index is 10.4. The quantitative estimate of drug-likeness (QED) is 0.195. The zero-order valence-corrected chi connectivity index (χ0v) is 14.9. The molecule has 0 aromatic carbocycles. The molecule has 0 spiro atoms. The molecular weight excluding hydrogens is 279 g/mol. The van der Waals surface area contributed by atoms with E-state index in [9.17, 15) is 9.46 Å². The van der Waals surface area contributed by atoms with Crippen molar-refractivity contribution in [1.82, 2.24) is 0 Å². The lowest BCUT2D eigenvalue weighted by Gasteiger charge is -1.99. The SMILES string of the molecule is CCCCCCCC/C=C\CCCCCCCC[P+](=O)[O-]. The van der Waals surface area contributed by atoms with Crippen LogP contribution in [0.4, 0.5) is 0 Å². The van der Waals surface area contributed by atoms with Gasteiger partial charge in [0.2, 0.25) is 0 Å². The first-order valence-corrected chi connectivity index (χ1v) is 10.4. The van der Waals surface area contributed by atoms with Crippen molar-refractivity contribution < 1.29 is 9.46 Å². The summed E-state index contributed by atoms with van der Waals surface area (Å²) < 4.78 is 10.4. The lowest BCUT2D eigenvalue weighted by molar-refractivity contribution is -0.164. The van der Waals surface area contributed by atoms with Gasteiger partial charge in [-0.1, -0.05) is 75.0 Å². The lowest BCUT2D eigenvalue weighted by Crippen LogP contribution is -1.91. The van der Waals surface area contributed by atoms with Gasteiger partial charge in [0, 0.05) is 0 Å². The fourth-order valence-corrected chi connectivity index (χ4v) is 2.97. The Morgan fingerprint density at radius 3 is 1.62 bits per heavy atom. The Morgan fingerprint density at radius 2 is 1.14 bits per heavy atom. The summed E-state index contributed by atoms with van der Waals surface area (Å²) in [6.07, 6.45) is 22.7. The van der Waals surface area contributed by atoms with E-state index in [2.05, 4.69) is 19.1 Å². The van der Waals surface area contributed by atoms with E-state index in [1.165, 1.54) is 77.0 Å². The van der Waals surface area contributed by atoms with Crippen LogP contribution in [0.3, 0.4) is 0 Å². The van der Waals surface area contributed by atoms with Crippen molar-refractivity contribution >= 4 is 8.03 Å². The summed E-state index contributed by atoms with van der Waals surface area (Å²) in [5.41, 5.74) is 0. The first-order valence-electron chi connectivity index (χ1n) is 9.04. The molecule has 0 saturated heterocycles. The van der Waals surface area contributed by atoms with E-state index in [0.29, 0.717) is 6.16 Å². The molecule has 0 fully saturated rings. The zero-order valence-electron chi connectivity index (χ0n) is 14.0. The van der Waals surface area contributed by atoms with Crippen LogP contribution < -0.4 is 4.89 Å². The number of allylic oxidation sites excluding steroid dienone is 2.